The van der Waals surface area contributed by atoms with Crippen LogP contribution in [0.1, 0.15) is 76.8 Å². The summed E-state index contributed by atoms with van der Waals surface area (Å²) in [5.41, 5.74) is 2.82. The third-order valence-corrected chi connectivity index (χ3v) is 7.05. The quantitative estimate of drug-likeness (QED) is 0.862. The third-order valence-electron chi connectivity index (χ3n) is 7.05. The number of likely N-dealkylation sites (tertiary alicyclic amines) is 1. The average molecular weight is 356 g/mol. The van der Waals surface area contributed by atoms with Crippen LogP contribution in [0.4, 0.5) is 0 Å². The van der Waals surface area contributed by atoms with Crippen LogP contribution in [0.5, 0.6) is 0 Å². The molecule has 3 aliphatic rings. The van der Waals surface area contributed by atoms with Crippen LogP contribution in [0.15, 0.2) is 24.3 Å². The summed E-state index contributed by atoms with van der Waals surface area (Å²) < 4.78 is 0. The van der Waals surface area contributed by atoms with Gasteiger partial charge in [-0.3, -0.25) is 4.79 Å². The number of hydrogen-bond donors (Lipinski definition) is 1. The molecule has 4 rings (SSSR count). The van der Waals surface area contributed by atoms with Crippen LogP contribution in [0.25, 0.3) is 0 Å². The van der Waals surface area contributed by atoms with E-state index >= 15 is 0 Å². The number of carbonyl (C=O) groups excluding carboxylic acids is 1. The molecule has 3 nitrogen and oxygen atoms in total. The lowest BCUT2D eigenvalue weighted by Crippen LogP contribution is -2.49. The highest BCUT2D eigenvalue weighted by molar-refractivity contribution is 5.80. The summed E-state index contributed by atoms with van der Waals surface area (Å²) in [4.78, 5) is 14.7. The van der Waals surface area contributed by atoms with E-state index in [0.29, 0.717) is 24.2 Å². The fourth-order valence-electron chi connectivity index (χ4n) is 5.37. The second-order valence-electron chi connectivity index (χ2n) is 10.6. The summed E-state index contributed by atoms with van der Waals surface area (Å²) in [5.74, 6) is 0.989. The lowest BCUT2D eigenvalue weighted by Gasteiger charge is -2.46. The molecule has 0 atom stereocenters. The van der Waals surface area contributed by atoms with Crippen LogP contribution in [0.2, 0.25) is 0 Å². The highest BCUT2D eigenvalue weighted by atomic mass is 16.3. The first-order chi connectivity index (χ1) is 12.1. The number of aliphatic hydroxyl groups is 1. The molecule has 2 aliphatic carbocycles. The van der Waals surface area contributed by atoms with Crippen LogP contribution in [-0.2, 0) is 10.2 Å². The number of rotatable bonds is 2. The molecule has 0 radical (unpaired) electrons. The van der Waals surface area contributed by atoms with E-state index in [9.17, 15) is 9.90 Å². The number of nitrogens with zero attached hydrogens (tertiary/aromatic N) is 1. The zero-order valence-electron chi connectivity index (χ0n) is 16.7. The Morgan fingerprint density at radius 3 is 2.50 bits per heavy atom. The molecule has 1 spiro atoms. The maximum atomic E-state index is 12.7. The molecule has 1 heterocycles. The number of hydrogen-bond acceptors (Lipinski definition) is 2. The van der Waals surface area contributed by atoms with Crippen molar-refractivity contribution in [1.82, 2.24) is 4.90 Å². The van der Waals surface area contributed by atoms with E-state index in [-0.39, 0.29) is 17.2 Å². The molecule has 142 valence electrons. The van der Waals surface area contributed by atoms with Gasteiger partial charge in [0, 0.05) is 19.0 Å². The van der Waals surface area contributed by atoms with Gasteiger partial charge < -0.3 is 10.0 Å². The Balaban J connectivity index is 1.36. The maximum absolute atomic E-state index is 12.7. The standard InChI is InChI=1S/C23H33NO2/c1-21(2,3)19-7-5-6-16(10-19)17-13-23(14-17)8-9-24(15-23)20(25)18-11-22(4,26)12-18/h5-7,10,17-18,26H,8-9,11-15H2,1-4H3/t17?,18-,22+,23?. The van der Waals surface area contributed by atoms with E-state index in [1.807, 2.05) is 6.92 Å². The summed E-state index contributed by atoms with van der Waals surface area (Å²) in [6.45, 7) is 10.5. The van der Waals surface area contributed by atoms with Gasteiger partial charge in [-0.15, -0.1) is 0 Å². The zero-order chi connectivity index (χ0) is 18.7. The molecule has 0 unspecified atom stereocenters. The van der Waals surface area contributed by atoms with Gasteiger partial charge in [0.1, 0.15) is 0 Å². The summed E-state index contributed by atoms with van der Waals surface area (Å²) >= 11 is 0. The van der Waals surface area contributed by atoms with E-state index in [4.69, 9.17) is 0 Å². The van der Waals surface area contributed by atoms with Crippen LogP contribution < -0.4 is 0 Å². The zero-order valence-corrected chi connectivity index (χ0v) is 16.7. The molecule has 0 aromatic heterocycles. The summed E-state index contributed by atoms with van der Waals surface area (Å²) in [5, 5.41) is 9.90. The Hall–Kier alpha value is -1.35. The minimum atomic E-state index is -0.614. The normalized spacial score (nSPS) is 36.7. The van der Waals surface area contributed by atoms with Crippen molar-refractivity contribution in [2.24, 2.45) is 11.3 Å². The maximum Gasteiger partial charge on any atom is 0.225 e. The van der Waals surface area contributed by atoms with Crippen molar-refractivity contribution in [2.75, 3.05) is 13.1 Å². The van der Waals surface area contributed by atoms with E-state index in [1.54, 1.807) is 0 Å². The molecule has 2 saturated carbocycles. The predicted molar refractivity (Wildman–Crippen MR) is 104 cm³/mol. The molecule has 1 saturated heterocycles. The summed E-state index contributed by atoms with van der Waals surface area (Å²) in [7, 11) is 0. The van der Waals surface area contributed by atoms with Crippen molar-refractivity contribution in [3.63, 3.8) is 0 Å². The summed E-state index contributed by atoms with van der Waals surface area (Å²) in [6, 6.07) is 9.11. The van der Waals surface area contributed by atoms with Crippen molar-refractivity contribution in [2.45, 2.75) is 76.7 Å². The van der Waals surface area contributed by atoms with E-state index < -0.39 is 5.60 Å². The van der Waals surface area contributed by atoms with Gasteiger partial charge in [0.2, 0.25) is 5.91 Å². The molecular formula is C23H33NO2. The van der Waals surface area contributed by atoms with E-state index in [2.05, 4.69) is 49.9 Å². The third kappa shape index (κ3) is 3.19. The molecule has 0 bridgehead atoms. The first kappa shape index (κ1) is 18.0. The summed E-state index contributed by atoms with van der Waals surface area (Å²) in [6.07, 6.45) is 4.85. The van der Waals surface area contributed by atoms with E-state index in [1.165, 1.54) is 24.0 Å². The molecule has 1 aromatic carbocycles. The monoisotopic (exact) mass is 355 g/mol. The molecule has 1 amide bonds. The number of benzene rings is 1. The van der Waals surface area contributed by atoms with Gasteiger partial charge in [0.25, 0.3) is 0 Å². The molecular weight excluding hydrogens is 322 g/mol. The van der Waals surface area contributed by atoms with Crippen LogP contribution in [0, 0.1) is 11.3 Å². The van der Waals surface area contributed by atoms with Crippen molar-refractivity contribution < 1.29 is 9.90 Å². The Labute approximate surface area is 157 Å². The molecule has 1 aliphatic heterocycles. The molecule has 1 N–H and O–H groups in total. The van der Waals surface area contributed by atoms with E-state index in [0.717, 1.165) is 19.5 Å². The van der Waals surface area contributed by atoms with Gasteiger partial charge in [-0.25, -0.2) is 0 Å². The lowest BCUT2D eigenvalue weighted by molar-refractivity contribution is -0.149. The predicted octanol–water partition coefficient (Wildman–Crippen LogP) is 4.24. The molecule has 26 heavy (non-hydrogen) atoms. The number of amides is 1. The largest absolute Gasteiger partial charge is 0.390 e. The Morgan fingerprint density at radius 2 is 1.88 bits per heavy atom. The van der Waals surface area contributed by atoms with Crippen LogP contribution >= 0.6 is 0 Å². The van der Waals surface area contributed by atoms with Gasteiger partial charge in [0.05, 0.1) is 5.60 Å². The number of carbonyl (C=O) groups is 1. The Kier molecular flexibility index (Phi) is 4.04. The molecule has 3 heteroatoms. The fraction of sp³-hybridized carbons (Fsp3) is 0.696. The Morgan fingerprint density at radius 1 is 1.19 bits per heavy atom. The highest BCUT2D eigenvalue weighted by Gasteiger charge is 2.52. The van der Waals surface area contributed by atoms with Gasteiger partial charge >= 0.3 is 0 Å². The van der Waals surface area contributed by atoms with Crippen molar-refractivity contribution in [3.8, 4) is 0 Å². The minimum Gasteiger partial charge on any atom is -0.390 e. The second kappa shape index (κ2) is 5.82. The van der Waals surface area contributed by atoms with Gasteiger partial charge in [-0.1, -0.05) is 45.0 Å². The SMILES string of the molecule is CC(C)(C)c1cccc(C2CC3(CCN(C(=O)[C@H]4C[C@@](C)(O)C4)C3)C2)c1. The van der Waals surface area contributed by atoms with Crippen LogP contribution in [0.3, 0.4) is 0 Å². The molecule has 1 aromatic rings. The van der Waals surface area contributed by atoms with Gasteiger partial charge in [-0.05, 0) is 66.9 Å². The average Bonchev–Trinajstić information content (AvgIpc) is 2.95. The van der Waals surface area contributed by atoms with Crippen molar-refractivity contribution in [3.05, 3.63) is 35.4 Å². The fourth-order valence-corrected chi connectivity index (χ4v) is 5.37. The van der Waals surface area contributed by atoms with Crippen molar-refractivity contribution >= 4 is 5.91 Å². The smallest absolute Gasteiger partial charge is 0.225 e. The lowest BCUT2D eigenvalue weighted by atomic mass is 9.59. The van der Waals surface area contributed by atoms with Crippen molar-refractivity contribution in [1.29, 1.82) is 0 Å². The van der Waals surface area contributed by atoms with Gasteiger partial charge in [0.15, 0.2) is 0 Å². The molecule has 3 fully saturated rings. The van der Waals surface area contributed by atoms with Gasteiger partial charge in [-0.2, -0.15) is 0 Å². The Bertz CT molecular complexity index is 701. The minimum absolute atomic E-state index is 0.0551. The van der Waals surface area contributed by atoms with Crippen LogP contribution in [-0.4, -0.2) is 34.6 Å². The first-order valence-electron chi connectivity index (χ1n) is 10.2. The highest BCUT2D eigenvalue weighted by Crippen LogP contribution is 2.56. The topological polar surface area (TPSA) is 40.5 Å². The second-order valence-corrected chi connectivity index (χ2v) is 10.6. The first-order valence-corrected chi connectivity index (χ1v) is 10.2.